The van der Waals surface area contributed by atoms with Crippen molar-refractivity contribution in [3.8, 4) is 6.07 Å². The van der Waals surface area contributed by atoms with Crippen molar-refractivity contribution < 1.29 is 14.3 Å². The van der Waals surface area contributed by atoms with Gasteiger partial charge < -0.3 is 5.11 Å². The highest BCUT2D eigenvalue weighted by atomic mass is 19.1. The molecule has 1 rings (SSSR count). The number of hydrogen-bond donors (Lipinski definition) is 1. The van der Waals surface area contributed by atoms with E-state index in [0.717, 1.165) is 12.1 Å². The van der Waals surface area contributed by atoms with Gasteiger partial charge in [0.2, 0.25) is 0 Å². The Labute approximate surface area is 86.8 Å². The maximum atomic E-state index is 12.8. The van der Waals surface area contributed by atoms with E-state index >= 15 is 0 Å². The van der Waals surface area contributed by atoms with Crippen molar-refractivity contribution in [1.29, 1.82) is 5.26 Å². The molecule has 0 unspecified atom stereocenters. The summed E-state index contributed by atoms with van der Waals surface area (Å²) in [6.45, 7) is 2.95. The number of hydrogen-bond acceptors (Lipinski definition) is 2. The maximum absolute atomic E-state index is 12.8. The van der Waals surface area contributed by atoms with Crippen LogP contribution in [0.5, 0.6) is 0 Å². The second-order valence-corrected chi connectivity index (χ2v) is 3.73. The number of aliphatic carboxylic acids is 1. The number of nitrogens with zero attached hydrogens (tertiary/aromatic N) is 1. The molecule has 0 radical (unpaired) electrons. The topological polar surface area (TPSA) is 61.1 Å². The van der Waals surface area contributed by atoms with Gasteiger partial charge >= 0.3 is 5.97 Å². The van der Waals surface area contributed by atoms with E-state index < -0.39 is 17.2 Å². The molecule has 0 aliphatic carbocycles. The van der Waals surface area contributed by atoms with E-state index in [9.17, 15) is 9.18 Å². The van der Waals surface area contributed by atoms with Gasteiger partial charge in [0.1, 0.15) is 5.82 Å². The lowest BCUT2D eigenvalue weighted by molar-refractivity contribution is -0.142. The summed E-state index contributed by atoms with van der Waals surface area (Å²) >= 11 is 0. The summed E-state index contributed by atoms with van der Waals surface area (Å²) in [6, 6.07) is 5.32. The summed E-state index contributed by atoms with van der Waals surface area (Å²) < 4.78 is 12.8. The number of carboxylic acids is 1. The number of carbonyl (C=O) groups is 1. The van der Waals surface area contributed by atoms with Crippen LogP contribution in [-0.4, -0.2) is 11.1 Å². The molecule has 0 fully saturated rings. The number of benzene rings is 1. The molecule has 1 aromatic rings. The quantitative estimate of drug-likeness (QED) is 0.807. The molecule has 4 heteroatoms. The molecule has 1 aromatic carbocycles. The van der Waals surface area contributed by atoms with E-state index in [0.29, 0.717) is 5.56 Å². The Bertz CT molecular complexity index is 446. The number of rotatable bonds is 2. The van der Waals surface area contributed by atoms with Gasteiger partial charge in [-0.15, -0.1) is 0 Å². The van der Waals surface area contributed by atoms with E-state index in [4.69, 9.17) is 10.4 Å². The van der Waals surface area contributed by atoms with Gasteiger partial charge in [-0.05, 0) is 31.5 Å². The molecular formula is C11H10FNO2. The molecule has 0 spiro atoms. The van der Waals surface area contributed by atoms with Crippen molar-refractivity contribution >= 4 is 5.97 Å². The van der Waals surface area contributed by atoms with Gasteiger partial charge in [-0.2, -0.15) is 5.26 Å². The minimum Gasteiger partial charge on any atom is -0.481 e. The predicted octanol–water partition coefficient (Wildman–Crippen LogP) is 2.06. The third kappa shape index (κ3) is 1.96. The highest BCUT2D eigenvalue weighted by Gasteiger charge is 2.31. The van der Waals surface area contributed by atoms with Gasteiger partial charge in [0.25, 0.3) is 0 Å². The van der Waals surface area contributed by atoms with Crippen molar-refractivity contribution in [2.75, 3.05) is 0 Å². The number of nitriles is 1. The van der Waals surface area contributed by atoms with Crippen LogP contribution in [0.4, 0.5) is 4.39 Å². The van der Waals surface area contributed by atoms with Crippen LogP contribution in [0.3, 0.4) is 0 Å². The first-order valence-corrected chi connectivity index (χ1v) is 4.33. The van der Waals surface area contributed by atoms with Gasteiger partial charge in [0.05, 0.1) is 17.0 Å². The molecule has 1 N–H and O–H groups in total. The SMILES string of the molecule is CC(C)(C(=O)O)c1ccc(F)cc1C#N. The van der Waals surface area contributed by atoms with E-state index in [-0.39, 0.29) is 5.56 Å². The van der Waals surface area contributed by atoms with Crippen molar-refractivity contribution in [3.63, 3.8) is 0 Å². The lowest BCUT2D eigenvalue weighted by atomic mass is 9.82. The number of halogens is 1. The Kier molecular flexibility index (Phi) is 2.76. The molecule has 0 saturated carbocycles. The van der Waals surface area contributed by atoms with Crippen LogP contribution in [-0.2, 0) is 10.2 Å². The van der Waals surface area contributed by atoms with Crippen LogP contribution < -0.4 is 0 Å². The van der Waals surface area contributed by atoms with Gasteiger partial charge in [0, 0.05) is 0 Å². The third-order valence-electron chi connectivity index (χ3n) is 2.31. The fraction of sp³-hybridized carbons (Fsp3) is 0.273. The van der Waals surface area contributed by atoms with Crippen LogP contribution in [0.1, 0.15) is 25.0 Å². The minimum absolute atomic E-state index is 0.0578. The summed E-state index contributed by atoms with van der Waals surface area (Å²) in [6.07, 6.45) is 0. The molecule has 0 atom stereocenters. The van der Waals surface area contributed by atoms with Crippen LogP contribution in [0, 0.1) is 17.1 Å². The fourth-order valence-electron chi connectivity index (χ4n) is 1.27. The summed E-state index contributed by atoms with van der Waals surface area (Å²) in [4.78, 5) is 11.0. The van der Waals surface area contributed by atoms with Crippen LogP contribution in [0.25, 0.3) is 0 Å². The van der Waals surface area contributed by atoms with Crippen LogP contribution >= 0.6 is 0 Å². The molecule has 15 heavy (non-hydrogen) atoms. The lowest BCUT2D eigenvalue weighted by Crippen LogP contribution is -2.29. The summed E-state index contributed by atoms with van der Waals surface area (Å²) in [7, 11) is 0. The van der Waals surface area contributed by atoms with Crippen LogP contribution in [0.2, 0.25) is 0 Å². The zero-order valence-corrected chi connectivity index (χ0v) is 8.41. The summed E-state index contributed by atoms with van der Waals surface area (Å²) in [5.41, 5.74) is -0.819. The zero-order valence-electron chi connectivity index (χ0n) is 8.41. The first kappa shape index (κ1) is 11.2. The molecule has 0 aromatic heterocycles. The third-order valence-corrected chi connectivity index (χ3v) is 2.31. The second-order valence-electron chi connectivity index (χ2n) is 3.73. The molecular weight excluding hydrogens is 197 g/mol. The second kappa shape index (κ2) is 3.70. The monoisotopic (exact) mass is 207 g/mol. The van der Waals surface area contributed by atoms with Gasteiger partial charge in [-0.25, -0.2) is 4.39 Å². The summed E-state index contributed by atoms with van der Waals surface area (Å²) in [5.74, 6) is -1.60. The van der Waals surface area contributed by atoms with Gasteiger partial charge in [-0.1, -0.05) is 6.07 Å². The predicted molar refractivity (Wildman–Crippen MR) is 51.8 cm³/mol. The lowest BCUT2D eigenvalue weighted by Gasteiger charge is -2.20. The maximum Gasteiger partial charge on any atom is 0.313 e. The Morgan fingerprint density at radius 3 is 2.60 bits per heavy atom. The molecule has 0 saturated heterocycles. The average Bonchev–Trinajstić information content (AvgIpc) is 2.16. The number of carboxylic acid groups (broad SMARTS) is 1. The summed E-state index contributed by atoms with van der Waals surface area (Å²) in [5, 5.41) is 17.8. The van der Waals surface area contributed by atoms with Gasteiger partial charge in [0.15, 0.2) is 0 Å². The molecule has 0 bridgehead atoms. The molecule has 0 aliphatic rings. The smallest absolute Gasteiger partial charge is 0.313 e. The first-order chi connectivity index (χ1) is 6.89. The Morgan fingerprint density at radius 1 is 1.53 bits per heavy atom. The Balaban J connectivity index is 3.39. The first-order valence-electron chi connectivity index (χ1n) is 4.33. The van der Waals surface area contributed by atoms with E-state index in [1.54, 1.807) is 6.07 Å². The van der Waals surface area contributed by atoms with Crippen LogP contribution in [0.15, 0.2) is 18.2 Å². The largest absolute Gasteiger partial charge is 0.481 e. The molecule has 3 nitrogen and oxygen atoms in total. The van der Waals surface area contributed by atoms with E-state index in [2.05, 4.69) is 0 Å². The molecule has 0 aliphatic heterocycles. The minimum atomic E-state index is -1.20. The highest BCUT2D eigenvalue weighted by Crippen LogP contribution is 2.26. The van der Waals surface area contributed by atoms with E-state index in [1.807, 2.05) is 0 Å². The zero-order chi connectivity index (χ0) is 11.6. The molecule has 0 heterocycles. The standard InChI is InChI=1S/C11H10FNO2/c1-11(2,10(14)15)9-4-3-8(12)5-7(9)6-13/h3-5H,1-2H3,(H,14,15). The average molecular weight is 207 g/mol. The normalized spacial score (nSPS) is 10.8. The van der Waals surface area contributed by atoms with E-state index in [1.165, 1.54) is 19.9 Å². The Morgan fingerprint density at radius 2 is 2.13 bits per heavy atom. The van der Waals surface area contributed by atoms with Crippen molar-refractivity contribution in [1.82, 2.24) is 0 Å². The van der Waals surface area contributed by atoms with Crippen molar-refractivity contribution in [2.24, 2.45) is 0 Å². The molecule has 0 amide bonds. The Hall–Kier alpha value is -1.89. The fourth-order valence-corrected chi connectivity index (χ4v) is 1.27. The van der Waals surface area contributed by atoms with Crippen molar-refractivity contribution in [3.05, 3.63) is 35.1 Å². The van der Waals surface area contributed by atoms with Gasteiger partial charge in [-0.3, -0.25) is 4.79 Å². The van der Waals surface area contributed by atoms with Crippen molar-refractivity contribution in [2.45, 2.75) is 19.3 Å². The molecule has 78 valence electrons. The highest BCUT2D eigenvalue weighted by molar-refractivity contribution is 5.81.